The fraction of sp³-hybridized carbons (Fsp3) is 0.550. The van der Waals surface area contributed by atoms with Crippen LogP contribution < -0.4 is 0 Å². The molecular weight excluding hydrogens is 298 g/mol. The smallest absolute Gasteiger partial charge is 0.227 e. The molecule has 0 aliphatic carbocycles. The number of fused-ring (bicyclic) bond motifs is 1. The fourth-order valence-corrected chi connectivity index (χ4v) is 4.76. The number of para-hydroxylation sites is 1. The van der Waals surface area contributed by atoms with Crippen molar-refractivity contribution in [2.45, 2.75) is 44.2 Å². The Kier molecular flexibility index (Phi) is 4.09. The average Bonchev–Trinajstić information content (AvgIpc) is 3.28. The normalized spacial score (nSPS) is 25.0. The summed E-state index contributed by atoms with van der Waals surface area (Å²) in [4.78, 5) is 17.7. The van der Waals surface area contributed by atoms with Gasteiger partial charge in [0.15, 0.2) is 0 Å². The van der Waals surface area contributed by atoms with E-state index >= 15 is 0 Å². The summed E-state index contributed by atoms with van der Waals surface area (Å²) in [5.74, 6) is 0.300. The summed E-state index contributed by atoms with van der Waals surface area (Å²) in [5.41, 5.74) is 2.36. The number of likely N-dealkylation sites (N-methyl/N-ethyl adjacent to an activating group) is 1. The molecule has 0 N–H and O–H groups in total. The van der Waals surface area contributed by atoms with Crippen molar-refractivity contribution in [2.75, 3.05) is 20.1 Å². The number of likely N-dealkylation sites (tertiary alicyclic amines) is 2. The SMILES string of the molecule is CN1CCC[C@@H]1[C@H]1CCCN1C(=O)Cc1cn(C)c2ccccc12. The van der Waals surface area contributed by atoms with Gasteiger partial charge in [0.05, 0.1) is 6.42 Å². The lowest BCUT2D eigenvalue weighted by atomic mass is 10.0. The molecule has 0 bridgehead atoms. The van der Waals surface area contributed by atoms with Crippen molar-refractivity contribution < 1.29 is 4.79 Å². The molecule has 3 heterocycles. The quantitative estimate of drug-likeness (QED) is 0.868. The minimum atomic E-state index is 0.300. The van der Waals surface area contributed by atoms with E-state index in [2.05, 4.69) is 58.9 Å². The van der Waals surface area contributed by atoms with Gasteiger partial charge >= 0.3 is 0 Å². The van der Waals surface area contributed by atoms with Crippen molar-refractivity contribution in [3.05, 3.63) is 36.0 Å². The Morgan fingerprint density at radius 1 is 1.08 bits per heavy atom. The van der Waals surface area contributed by atoms with E-state index in [0.717, 1.165) is 24.9 Å². The molecule has 2 aromatic rings. The predicted octanol–water partition coefficient (Wildman–Crippen LogP) is 2.81. The van der Waals surface area contributed by atoms with Gasteiger partial charge in [-0.15, -0.1) is 0 Å². The Bertz CT molecular complexity index is 750. The lowest BCUT2D eigenvalue weighted by Crippen LogP contribution is -2.47. The molecule has 0 radical (unpaired) electrons. The van der Waals surface area contributed by atoms with Gasteiger partial charge < -0.3 is 14.4 Å². The number of aryl methyl sites for hydroxylation is 1. The molecule has 4 rings (SSSR count). The number of amides is 1. The molecule has 0 spiro atoms. The van der Waals surface area contributed by atoms with Crippen LogP contribution in [0.15, 0.2) is 30.5 Å². The highest BCUT2D eigenvalue weighted by Gasteiger charge is 2.38. The third-order valence-electron chi connectivity index (χ3n) is 5.96. The van der Waals surface area contributed by atoms with Crippen LogP contribution in [-0.4, -0.2) is 52.5 Å². The Labute approximate surface area is 144 Å². The number of hydrogen-bond acceptors (Lipinski definition) is 2. The number of aromatic nitrogens is 1. The van der Waals surface area contributed by atoms with E-state index in [-0.39, 0.29) is 0 Å². The maximum absolute atomic E-state index is 13.0. The zero-order chi connectivity index (χ0) is 16.7. The second-order valence-corrected chi connectivity index (χ2v) is 7.45. The standard InChI is InChI=1S/C20H27N3O/c1-21-11-5-9-18(21)19-10-6-12-23(19)20(24)13-15-14-22(2)17-8-4-3-7-16(15)17/h3-4,7-8,14,18-19H,5-6,9-13H2,1-2H3/t18-,19-/m1/s1. The van der Waals surface area contributed by atoms with Gasteiger partial charge in [-0.3, -0.25) is 4.79 Å². The summed E-state index contributed by atoms with van der Waals surface area (Å²) < 4.78 is 2.13. The molecule has 2 aliphatic rings. The van der Waals surface area contributed by atoms with Crippen LogP contribution in [-0.2, 0) is 18.3 Å². The zero-order valence-electron chi connectivity index (χ0n) is 14.7. The number of carbonyl (C=O) groups excluding carboxylic acids is 1. The van der Waals surface area contributed by atoms with Crippen molar-refractivity contribution in [2.24, 2.45) is 7.05 Å². The van der Waals surface area contributed by atoms with Crippen LogP contribution in [0, 0.1) is 0 Å². The molecule has 0 saturated carbocycles. The highest BCUT2D eigenvalue weighted by Crippen LogP contribution is 2.30. The highest BCUT2D eigenvalue weighted by molar-refractivity contribution is 5.89. The first-order valence-electron chi connectivity index (χ1n) is 9.18. The van der Waals surface area contributed by atoms with Crippen LogP contribution in [0.4, 0.5) is 0 Å². The third kappa shape index (κ3) is 2.63. The largest absolute Gasteiger partial charge is 0.350 e. The van der Waals surface area contributed by atoms with E-state index in [1.54, 1.807) is 0 Å². The minimum Gasteiger partial charge on any atom is -0.350 e. The first-order valence-corrected chi connectivity index (χ1v) is 9.18. The molecule has 24 heavy (non-hydrogen) atoms. The van der Waals surface area contributed by atoms with Gasteiger partial charge in [0.2, 0.25) is 5.91 Å². The lowest BCUT2D eigenvalue weighted by Gasteiger charge is -2.33. The Hall–Kier alpha value is -1.81. The monoisotopic (exact) mass is 325 g/mol. The lowest BCUT2D eigenvalue weighted by molar-refractivity contribution is -0.132. The summed E-state index contributed by atoms with van der Waals surface area (Å²) in [6.07, 6.45) is 7.46. The highest BCUT2D eigenvalue weighted by atomic mass is 16.2. The van der Waals surface area contributed by atoms with Gasteiger partial charge in [0.1, 0.15) is 0 Å². The predicted molar refractivity (Wildman–Crippen MR) is 97.0 cm³/mol. The number of hydrogen-bond donors (Lipinski definition) is 0. The maximum atomic E-state index is 13.0. The van der Waals surface area contributed by atoms with Crippen LogP contribution in [0.2, 0.25) is 0 Å². The van der Waals surface area contributed by atoms with Gasteiger partial charge in [-0.25, -0.2) is 0 Å². The molecule has 1 amide bonds. The molecule has 2 atom stereocenters. The van der Waals surface area contributed by atoms with E-state index < -0.39 is 0 Å². The number of carbonyl (C=O) groups is 1. The van der Waals surface area contributed by atoms with E-state index in [9.17, 15) is 4.79 Å². The number of nitrogens with zero attached hydrogens (tertiary/aromatic N) is 3. The molecule has 2 fully saturated rings. The van der Waals surface area contributed by atoms with Gasteiger partial charge in [-0.05, 0) is 50.9 Å². The first-order chi connectivity index (χ1) is 11.6. The van der Waals surface area contributed by atoms with Crippen LogP contribution in [0.25, 0.3) is 10.9 Å². The van der Waals surface area contributed by atoms with Crippen LogP contribution in [0.3, 0.4) is 0 Å². The summed E-state index contributed by atoms with van der Waals surface area (Å²) in [5, 5.41) is 1.21. The van der Waals surface area contributed by atoms with E-state index in [1.165, 1.54) is 30.3 Å². The Morgan fingerprint density at radius 2 is 1.83 bits per heavy atom. The minimum absolute atomic E-state index is 0.300. The van der Waals surface area contributed by atoms with E-state index in [1.807, 2.05) is 0 Å². The molecule has 2 aliphatic heterocycles. The van der Waals surface area contributed by atoms with Crippen molar-refractivity contribution in [1.82, 2.24) is 14.4 Å². The number of rotatable bonds is 3. The first kappa shape index (κ1) is 15.7. The zero-order valence-corrected chi connectivity index (χ0v) is 14.7. The maximum Gasteiger partial charge on any atom is 0.227 e. The van der Waals surface area contributed by atoms with Crippen LogP contribution in [0.5, 0.6) is 0 Å². The molecule has 0 unspecified atom stereocenters. The summed E-state index contributed by atoms with van der Waals surface area (Å²) in [7, 11) is 4.27. The molecule has 4 nitrogen and oxygen atoms in total. The Morgan fingerprint density at radius 3 is 2.62 bits per heavy atom. The molecule has 1 aromatic heterocycles. The summed E-state index contributed by atoms with van der Waals surface area (Å²) in [6.45, 7) is 2.10. The van der Waals surface area contributed by atoms with Gasteiger partial charge in [-0.1, -0.05) is 18.2 Å². The van der Waals surface area contributed by atoms with Crippen LogP contribution in [0.1, 0.15) is 31.2 Å². The molecule has 4 heteroatoms. The van der Waals surface area contributed by atoms with Crippen molar-refractivity contribution in [3.8, 4) is 0 Å². The number of benzene rings is 1. The van der Waals surface area contributed by atoms with Gasteiger partial charge in [-0.2, -0.15) is 0 Å². The average molecular weight is 325 g/mol. The van der Waals surface area contributed by atoms with E-state index in [0.29, 0.717) is 24.4 Å². The Balaban J connectivity index is 1.54. The van der Waals surface area contributed by atoms with Gasteiger partial charge in [0.25, 0.3) is 0 Å². The van der Waals surface area contributed by atoms with Crippen molar-refractivity contribution in [1.29, 1.82) is 0 Å². The second kappa shape index (κ2) is 6.25. The molecule has 1 aromatic carbocycles. The summed E-state index contributed by atoms with van der Waals surface area (Å²) in [6, 6.07) is 9.34. The summed E-state index contributed by atoms with van der Waals surface area (Å²) >= 11 is 0. The van der Waals surface area contributed by atoms with E-state index in [4.69, 9.17) is 0 Å². The third-order valence-corrected chi connectivity index (χ3v) is 5.96. The van der Waals surface area contributed by atoms with Crippen molar-refractivity contribution in [3.63, 3.8) is 0 Å². The fourth-order valence-electron chi connectivity index (χ4n) is 4.76. The molecule has 128 valence electrons. The molecule has 2 saturated heterocycles. The topological polar surface area (TPSA) is 28.5 Å². The van der Waals surface area contributed by atoms with Gasteiger partial charge in [0, 0.05) is 42.8 Å². The van der Waals surface area contributed by atoms with Crippen LogP contribution >= 0.6 is 0 Å². The van der Waals surface area contributed by atoms with Crippen molar-refractivity contribution >= 4 is 16.8 Å². The molecular formula is C20H27N3O. The second-order valence-electron chi connectivity index (χ2n) is 7.45.